The molecule has 2 aromatic carbocycles. The van der Waals surface area contributed by atoms with Crippen LogP contribution in [0.2, 0.25) is 0 Å². The predicted octanol–water partition coefficient (Wildman–Crippen LogP) is 3.01. The van der Waals surface area contributed by atoms with Gasteiger partial charge >= 0.3 is 0 Å². The first-order chi connectivity index (χ1) is 15.5. The molecule has 9 nitrogen and oxygen atoms in total. The van der Waals surface area contributed by atoms with E-state index in [-0.39, 0.29) is 17.5 Å². The highest BCUT2D eigenvalue weighted by atomic mass is 16.5. The highest BCUT2D eigenvalue weighted by Gasteiger charge is 2.20. The summed E-state index contributed by atoms with van der Waals surface area (Å²) in [6.07, 6.45) is 2.66. The number of hydrogen-bond acceptors (Lipinski definition) is 7. The minimum Gasteiger partial charge on any atom is -0.504 e. The van der Waals surface area contributed by atoms with Crippen LogP contribution >= 0.6 is 0 Å². The molecule has 0 radical (unpaired) electrons. The van der Waals surface area contributed by atoms with Gasteiger partial charge in [-0.1, -0.05) is 24.8 Å². The number of methoxy groups -OCH3 is 1. The molecule has 0 atom stereocenters. The summed E-state index contributed by atoms with van der Waals surface area (Å²) in [6.45, 7) is 4.31. The second-order valence-electron chi connectivity index (χ2n) is 6.95. The molecule has 0 spiro atoms. The average molecular weight is 430 g/mol. The third kappa shape index (κ3) is 3.83. The van der Waals surface area contributed by atoms with Gasteiger partial charge in [-0.25, -0.2) is 14.6 Å². The van der Waals surface area contributed by atoms with Crippen LogP contribution in [0.5, 0.6) is 11.5 Å². The summed E-state index contributed by atoms with van der Waals surface area (Å²) in [5.74, 6) is 0.397. The number of fused-ring (bicyclic) bond motifs is 1. The first kappa shape index (κ1) is 20.9. The number of anilines is 2. The minimum absolute atomic E-state index is 0.0191. The largest absolute Gasteiger partial charge is 0.504 e. The molecule has 162 valence electrons. The van der Waals surface area contributed by atoms with Gasteiger partial charge in [-0.3, -0.25) is 4.79 Å². The van der Waals surface area contributed by atoms with Crippen molar-refractivity contribution in [2.45, 2.75) is 6.54 Å². The molecular weight excluding hydrogens is 408 g/mol. The fourth-order valence-electron chi connectivity index (χ4n) is 3.49. The van der Waals surface area contributed by atoms with E-state index in [0.717, 1.165) is 5.69 Å². The minimum atomic E-state index is -0.217. The van der Waals surface area contributed by atoms with Crippen LogP contribution in [-0.4, -0.2) is 44.4 Å². The number of carbonyl (C=O) groups excluding carboxylic acids is 1. The van der Waals surface area contributed by atoms with E-state index in [2.05, 4.69) is 16.5 Å². The Morgan fingerprint density at radius 1 is 1.25 bits per heavy atom. The van der Waals surface area contributed by atoms with Crippen LogP contribution in [0.15, 0.2) is 67.5 Å². The van der Waals surface area contributed by atoms with Crippen molar-refractivity contribution in [3.05, 3.63) is 67.5 Å². The fourth-order valence-corrected chi connectivity index (χ4v) is 3.49. The van der Waals surface area contributed by atoms with E-state index in [1.54, 1.807) is 21.7 Å². The molecule has 1 amide bonds. The standard InChI is InChI=1S/C23H22N6O3/c1-3-19(31)28(16-7-5-4-6-8-16)11-12-29-23-20(22(24)25-14-26-23)21(27-29)15-9-10-17(30)18(13-15)32-2/h3-10,13-14,30H,1,11-12H2,2H3,(H2,24,25,26). The quantitative estimate of drug-likeness (QED) is 0.433. The fraction of sp³-hybridized carbons (Fsp3) is 0.130. The van der Waals surface area contributed by atoms with Crippen molar-refractivity contribution in [2.24, 2.45) is 0 Å². The number of nitrogens with two attached hydrogens (primary N) is 1. The first-order valence-electron chi connectivity index (χ1n) is 9.86. The second kappa shape index (κ2) is 8.76. The van der Waals surface area contributed by atoms with Crippen molar-refractivity contribution in [3.8, 4) is 22.8 Å². The summed E-state index contributed by atoms with van der Waals surface area (Å²) in [5, 5.41) is 15.2. The molecule has 0 aliphatic carbocycles. The molecule has 4 aromatic rings. The lowest BCUT2D eigenvalue weighted by atomic mass is 10.1. The van der Waals surface area contributed by atoms with Crippen LogP contribution < -0.4 is 15.4 Å². The van der Waals surface area contributed by atoms with Gasteiger partial charge in [0.2, 0.25) is 5.91 Å². The predicted molar refractivity (Wildman–Crippen MR) is 122 cm³/mol. The van der Waals surface area contributed by atoms with Crippen LogP contribution in [0.25, 0.3) is 22.3 Å². The highest BCUT2D eigenvalue weighted by molar-refractivity contribution is 6.01. The third-order valence-electron chi connectivity index (χ3n) is 5.06. The number of benzene rings is 2. The number of para-hydroxylation sites is 1. The average Bonchev–Trinajstić information content (AvgIpc) is 3.20. The van der Waals surface area contributed by atoms with E-state index in [9.17, 15) is 9.90 Å². The Morgan fingerprint density at radius 2 is 2.03 bits per heavy atom. The Kier molecular flexibility index (Phi) is 5.71. The summed E-state index contributed by atoms with van der Waals surface area (Å²) in [4.78, 5) is 22.6. The maximum atomic E-state index is 12.5. The summed E-state index contributed by atoms with van der Waals surface area (Å²) < 4.78 is 6.91. The molecule has 0 aliphatic rings. The third-order valence-corrected chi connectivity index (χ3v) is 5.06. The van der Waals surface area contributed by atoms with Gasteiger partial charge in [-0.2, -0.15) is 5.10 Å². The number of amides is 1. The molecule has 3 N–H and O–H groups in total. The Hall–Kier alpha value is -4.40. The summed E-state index contributed by atoms with van der Waals surface area (Å²) in [5.41, 5.74) is 8.70. The Balaban J connectivity index is 1.75. The molecule has 9 heteroatoms. The number of phenolic OH excluding ortho intramolecular Hbond substituents is 1. The number of nitrogen functional groups attached to an aromatic ring is 1. The van der Waals surface area contributed by atoms with Gasteiger partial charge < -0.3 is 20.5 Å². The second-order valence-corrected chi connectivity index (χ2v) is 6.95. The van der Waals surface area contributed by atoms with Crippen molar-refractivity contribution >= 4 is 28.4 Å². The number of aromatic hydroxyl groups is 1. The summed E-state index contributed by atoms with van der Waals surface area (Å²) in [7, 11) is 1.47. The van der Waals surface area contributed by atoms with Gasteiger partial charge in [-0.05, 0) is 36.4 Å². The van der Waals surface area contributed by atoms with E-state index in [4.69, 9.17) is 15.6 Å². The topological polar surface area (TPSA) is 119 Å². The van der Waals surface area contributed by atoms with Crippen LogP contribution in [0.3, 0.4) is 0 Å². The highest BCUT2D eigenvalue weighted by Crippen LogP contribution is 2.35. The number of aromatic nitrogens is 4. The molecule has 0 aliphatic heterocycles. The molecule has 0 fully saturated rings. The van der Waals surface area contributed by atoms with E-state index in [1.807, 2.05) is 30.3 Å². The maximum absolute atomic E-state index is 12.5. The molecule has 4 rings (SSSR count). The van der Waals surface area contributed by atoms with Gasteiger partial charge in [0.15, 0.2) is 17.1 Å². The zero-order valence-electron chi connectivity index (χ0n) is 17.5. The van der Waals surface area contributed by atoms with Crippen molar-refractivity contribution < 1.29 is 14.6 Å². The maximum Gasteiger partial charge on any atom is 0.250 e. The van der Waals surface area contributed by atoms with Crippen molar-refractivity contribution in [1.29, 1.82) is 0 Å². The van der Waals surface area contributed by atoms with Gasteiger partial charge in [0.1, 0.15) is 17.8 Å². The van der Waals surface area contributed by atoms with Gasteiger partial charge in [0.25, 0.3) is 0 Å². The molecule has 0 saturated carbocycles. The molecule has 0 unspecified atom stereocenters. The Morgan fingerprint density at radius 3 is 2.75 bits per heavy atom. The van der Waals surface area contributed by atoms with Crippen LogP contribution in [0.1, 0.15) is 0 Å². The van der Waals surface area contributed by atoms with Crippen molar-refractivity contribution in [1.82, 2.24) is 19.7 Å². The number of nitrogens with zero attached hydrogens (tertiary/aromatic N) is 5. The van der Waals surface area contributed by atoms with E-state index >= 15 is 0 Å². The zero-order valence-corrected chi connectivity index (χ0v) is 17.5. The monoisotopic (exact) mass is 430 g/mol. The van der Waals surface area contributed by atoms with E-state index in [0.29, 0.717) is 41.1 Å². The summed E-state index contributed by atoms with van der Waals surface area (Å²) >= 11 is 0. The molecule has 0 bridgehead atoms. The molecule has 32 heavy (non-hydrogen) atoms. The van der Waals surface area contributed by atoms with E-state index < -0.39 is 0 Å². The van der Waals surface area contributed by atoms with Gasteiger partial charge in [0.05, 0.1) is 19.0 Å². The lowest BCUT2D eigenvalue weighted by Crippen LogP contribution is -2.32. The number of ether oxygens (including phenoxy) is 1. The van der Waals surface area contributed by atoms with Gasteiger partial charge in [-0.15, -0.1) is 0 Å². The molecule has 0 saturated heterocycles. The number of rotatable bonds is 7. The number of carbonyl (C=O) groups is 1. The van der Waals surface area contributed by atoms with Crippen LogP contribution in [0, 0.1) is 0 Å². The van der Waals surface area contributed by atoms with Crippen molar-refractivity contribution in [2.75, 3.05) is 24.3 Å². The molecular formula is C23H22N6O3. The van der Waals surface area contributed by atoms with Crippen LogP contribution in [0.4, 0.5) is 11.5 Å². The summed E-state index contributed by atoms with van der Waals surface area (Å²) in [6, 6.07) is 14.3. The zero-order chi connectivity index (χ0) is 22.7. The Bertz CT molecular complexity index is 1290. The molecule has 2 aromatic heterocycles. The smallest absolute Gasteiger partial charge is 0.250 e. The lowest BCUT2D eigenvalue weighted by molar-refractivity contribution is -0.114. The van der Waals surface area contributed by atoms with Gasteiger partial charge in [0, 0.05) is 17.8 Å². The first-order valence-corrected chi connectivity index (χ1v) is 9.86. The van der Waals surface area contributed by atoms with Crippen molar-refractivity contribution in [3.63, 3.8) is 0 Å². The Labute approximate surface area is 184 Å². The van der Waals surface area contributed by atoms with E-state index in [1.165, 1.54) is 25.6 Å². The number of hydrogen-bond donors (Lipinski definition) is 2. The van der Waals surface area contributed by atoms with Crippen LogP contribution in [-0.2, 0) is 11.3 Å². The molecule has 2 heterocycles. The lowest BCUT2D eigenvalue weighted by Gasteiger charge is -2.21. The normalized spacial score (nSPS) is 10.8. The SMILES string of the molecule is C=CC(=O)N(CCn1nc(-c2ccc(O)c(OC)c2)c2c(N)ncnc21)c1ccccc1. The number of phenols is 1.